The second-order valence-corrected chi connectivity index (χ2v) is 5.00. The summed E-state index contributed by atoms with van der Waals surface area (Å²) >= 11 is 6.08. The normalized spacial score (nSPS) is 10.3. The Morgan fingerprint density at radius 3 is 2.64 bits per heavy atom. The number of benzene rings is 2. The maximum Gasteiger partial charge on any atom is 0.311 e. The number of aliphatic hydroxyl groups excluding tert-OH is 1. The number of nitro groups is 1. The molecule has 0 aromatic heterocycles. The van der Waals surface area contributed by atoms with Crippen molar-refractivity contribution in [2.75, 3.05) is 12.4 Å². The highest BCUT2D eigenvalue weighted by molar-refractivity contribution is 6.33. The number of ether oxygens (including phenoxy) is 1. The largest absolute Gasteiger partial charge is 0.490 e. The summed E-state index contributed by atoms with van der Waals surface area (Å²) in [5.41, 5.74) is 2.02. The summed E-state index contributed by atoms with van der Waals surface area (Å²) in [7, 11) is 1.39. The Morgan fingerprint density at radius 1 is 1.27 bits per heavy atom. The predicted molar refractivity (Wildman–Crippen MR) is 84.3 cm³/mol. The minimum Gasteiger partial charge on any atom is -0.490 e. The zero-order valence-corrected chi connectivity index (χ0v) is 12.6. The molecule has 2 aromatic carbocycles. The smallest absolute Gasteiger partial charge is 0.311 e. The summed E-state index contributed by atoms with van der Waals surface area (Å²) in [5, 5.41) is 23.7. The Hall–Kier alpha value is -2.31. The first-order valence-corrected chi connectivity index (χ1v) is 6.87. The summed E-state index contributed by atoms with van der Waals surface area (Å²) in [6.45, 7) is 0.277. The van der Waals surface area contributed by atoms with E-state index in [1.807, 2.05) is 0 Å². The number of anilines is 1. The quantitative estimate of drug-likeness (QED) is 0.629. The third-order valence-electron chi connectivity index (χ3n) is 3.14. The summed E-state index contributed by atoms with van der Waals surface area (Å²) in [6, 6.07) is 9.90. The van der Waals surface area contributed by atoms with Gasteiger partial charge in [-0.05, 0) is 29.3 Å². The molecule has 0 fully saturated rings. The van der Waals surface area contributed by atoms with E-state index in [0.717, 1.165) is 11.1 Å². The van der Waals surface area contributed by atoms with Crippen LogP contribution in [0.2, 0.25) is 5.02 Å². The zero-order chi connectivity index (χ0) is 16.1. The lowest BCUT2D eigenvalue weighted by Gasteiger charge is -2.10. The van der Waals surface area contributed by atoms with Crippen LogP contribution in [0, 0.1) is 10.1 Å². The van der Waals surface area contributed by atoms with Gasteiger partial charge in [0.2, 0.25) is 0 Å². The molecule has 0 unspecified atom stereocenters. The van der Waals surface area contributed by atoms with Crippen molar-refractivity contribution in [1.29, 1.82) is 0 Å². The number of aliphatic hydroxyl groups is 1. The van der Waals surface area contributed by atoms with Crippen molar-refractivity contribution < 1.29 is 14.8 Å². The van der Waals surface area contributed by atoms with Crippen LogP contribution in [0.25, 0.3) is 0 Å². The number of nitro benzene ring substituents is 1. The molecule has 116 valence electrons. The van der Waals surface area contributed by atoms with Gasteiger partial charge in [0, 0.05) is 12.6 Å². The van der Waals surface area contributed by atoms with Gasteiger partial charge < -0.3 is 15.2 Å². The first-order valence-electron chi connectivity index (χ1n) is 6.49. The minimum atomic E-state index is -0.484. The topological polar surface area (TPSA) is 84.6 Å². The molecule has 22 heavy (non-hydrogen) atoms. The fourth-order valence-corrected chi connectivity index (χ4v) is 2.18. The van der Waals surface area contributed by atoms with Crippen LogP contribution in [-0.2, 0) is 13.2 Å². The van der Waals surface area contributed by atoms with E-state index < -0.39 is 4.92 Å². The molecule has 0 aliphatic carbocycles. The average molecular weight is 323 g/mol. The fourth-order valence-electron chi connectivity index (χ4n) is 1.99. The Bertz CT molecular complexity index is 691. The third-order valence-corrected chi connectivity index (χ3v) is 3.47. The number of nitrogens with one attached hydrogen (secondary N) is 1. The number of nitrogens with zero attached hydrogens (tertiary/aromatic N) is 1. The first-order chi connectivity index (χ1) is 10.5. The van der Waals surface area contributed by atoms with Crippen LogP contribution in [0.1, 0.15) is 11.1 Å². The number of hydrogen-bond donors (Lipinski definition) is 2. The van der Waals surface area contributed by atoms with Crippen molar-refractivity contribution in [3.63, 3.8) is 0 Å². The maximum atomic E-state index is 11.0. The van der Waals surface area contributed by atoms with Crippen LogP contribution in [0.5, 0.6) is 5.75 Å². The first kappa shape index (κ1) is 16.1. The van der Waals surface area contributed by atoms with Crippen molar-refractivity contribution >= 4 is 23.0 Å². The SMILES string of the molecule is COc1ccc(CNc2cc(CO)ccc2Cl)cc1[N+](=O)[O-]. The van der Waals surface area contributed by atoms with E-state index in [1.54, 1.807) is 30.3 Å². The van der Waals surface area contributed by atoms with Gasteiger partial charge in [0.15, 0.2) is 5.75 Å². The van der Waals surface area contributed by atoms with Gasteiger partial charge in [-0.15, -0.1) is 0 Å². The molecule has 0 radical (unpaired) electrons. The minimum absolute atomic E-state index is 0.0835. The molecule has 0 heterocycles. The molecule has 0 saturated carbocycles. The Morgan fingerprint density at radius 2 is 2.00 bits per heavy atom. The molecule has 2 aromatic rings. The van der Waals surface area contributed by atoms with E-state index in [-0.39, 0.29) is 18.0 Å². The lowest BCUT2D eigenvalue weighted by atomic mass is 10.1. The summed E-state index contributed by atoms with van der Waals surface area (Å²) in [4.78, 5) is 10.5. The van der Waals surface area contributed by atoms with E-state index in [2.05, 4.69) is 5.32 Å². The number of rotatable bonds is 6. The summed E-state index contributed by atoms with van der Waals surface area (Å²) in [6.07, 6.45) is 0. The van der Waals surface area contributed by atoms with Crippen molar-refractivity contribution in [3.8, 4) is 5.75 Å². The lowest BCUT2D eigenvalue weighted by Crippen LogP contribution is -2.02. The van der Waals surface area contributed by atoms with Gasteiger partial charge in [-0.1, -0.05) is 23.7 Å². The Balaban J connectivity index is 2.18. The molecule has 0 saturated heterocycles. The van der Waals surface area contributed by atoms with Crippen LogP contribution >= 0.6 is 11.6 Å². The fraction of sp³-hybridized carbons (Fsp3) is 0.200. The van der Waals surface area contributed by atoms with Gasteiger partial charge in [-0.25, -0.2) is 0 Å². The Kier molecular flexibility index (Phi) is 5.19. The van der Waals surface area contributed by atoms with Crippen molar-refractivity contribution in [2.45, 2.75) is 13.2 Å². The van der Waals surface area contributed by atoms with E-state index in [4.69, 9.17) is 21.4 Å². The van der Waals surface area contributed by atoms with Crippen molar-refractivity contribution in [2.24, 2.45) is 0 Å². The van der Waals surface area contributed by atoms with Crippen LogP contribution in [0.4, 0.5) is 11.4 Å². The molecule has 0 aliphatic heterocycles. The van der Waals surface area contributed by atoms with Crippen LogP contribution < -0.4 is 10.1 Å². The van der Waals surface area contributed by atoms with E-state index >= 15 is 0 Å². The molecule has 0 atom stereocenters. The zero-order valence-electron chi connectivity index (χ0n) is 11.9. The molecular formula is C15H15ClN2O4. The lowest BCUT2D eigenvalue weighted by molar-refractivity contribution is -0.385. The second kappa shape index (κ2) is 7.11. The molecule has 7 heteroatoms. The molecule has 0 spiro atoms. The van der Waals surface area contributed by atoms with Crippen LogP contribution in [0.15, 0.2) is 36.4 Å². The summed E-state index contributed by atoms with van der Waals surface area (Å²) in [5.74, 6) is 0.217. The maximum absolute atomic E-state index is 11.0. The van der Waals surface area contributed by atoms with Gasteiger partial charge in [-0.3, -0.25) is 10.1 Å². The molecule has 6 nitrogen and oxygen atoms in total. The van der Waals surface area contributed by atoms with Gasteiger partial charge >= 0.3 is 5.69 Å². The van der Waals surface area contributed by atoms with E-state index in [9.17, 15) is 10.1 Å². The van der Waals surface area contributed by atoms with E-state index in [1.165, 1.54) is 13.2 Å². The number of methoxy groups -OCH3 is 1. The van der Waals surface area contributed by atoms with Crippen LogP contribution in [0.3, 0.4) is 0 Å². The van der Waals surface area contributed by atoms with Gasteiger partial charge in [0.05, 0.1) is 29.4 Å². The highest BCUT2D eigenvalue weighted by atomic mass is 35.5. The molecule has 0 aliphatic rings. The van der Waals surface area contributed by atoms with Crippen LogP contribution in [-0.4, -0.2) is 17.1 Å². The van der Waals surface area contributed by atoms with Gasteiger partial charge in [-0.2, -0.15) is 0 Å². The van der Waals surface area contributed by atoms with Gasteiger partial charge in [0.25, 0.3) is 0 Å². The second-order valence-electron chi connectivity index (χ2n) is 4.59. The highest BCUT2D eigenvalue weighted by Crippen LogP contribution is 2.28. The monoisotopic (exact) mass is 322 g/mol. The molecule has 0 bridgehead atoms. The highest BCUT2D eigenvalue weighted by Gasteiger charge is 2.15. The standard InChI is InChI=1S/C15H15ClN2O4/c1-22-15-5-3-10(7-14(15)18(20)21)8-17-13-6-11(9-19)2-4-12(13)16/h2-7,17,19H,8-9H2,1H3. The summed E-state index contributed by atoms with van der Waals surface area (Å²) < 4.78 is 4.96. The number of halogens is 1. The molecule has 0 amide bonds. The van der Waals surface area contributed by atoms with E-state index in [0.29, 0.717) is 17.3 Å². The van der Waals surface area contributed by atoms with Crippen molar-refractivity contribution in [3.05, 3.63) is 62.7 Å². The third kappa shape index (κ3) is 3.66. The molecule has 2 rings (SSSR count). The average Bonchev–Trinajstić information content (AvgIpc) is 2.53. The molecular weight excluding hydrogens is 308 g/mol. The van der Waals surface area contributed by atoms with Gasteiger partial charge in [0.1, 0.15) is 0 Å². The number of hydrogen-bond acceptors (Lipinski definition) is 5. The Labute approximate surface area is 132 Å². The predicted octanol–water partition coefficient (Wildman–Crippen LogP) is 3.36. The molecule has 2 N–H and O–H groups in total. The van der Waals surface area contributed by atoms with Crippen molar-refractivity contribution in [1.82, 2.24) is 0 Å².